The third-order valence-corrected chi connectivity index (χ3v) is 3.27. The van der Waals surface area contributed by atoms with Gasteiger partial charge in [0, 0.05) is 13.2 Å². The Labute approximate surface area is 120 Å². The molecule has 0 saturated carbocycles. The molecule has 0 radical (unpaired) electrons. The molecular formula is C16H25NO3. The smallest absolute Gasteiger partial charge is 0.253 e. The van der Waals surface area contributed by atoms with E-state index < -0.39 is 6.10 Å². The summed E-state index contributed by atoms with van der Waals surface area (Å²) in [7, 11) is 0. The monoisotopic (exact) mass is 279 g/mol. The Morgan fingerprint density at radius 3 is 2.45 bits per heavy atom. The van der Waals surface area contributed by atoms with Gasteiger partial charge in [-0.2, -0.15) is 0 Å². The molecule has 0 saturated heterocycles. The van der Waals surface area contributed by atoms with E-state index in [4.69, 9.17) is 5.11 Å². The molecule has 20 heavy (non-hydrogen) atoms. The van der Waals surface area contributed by atoms with E-state index in [1.54, 1.807) is 24.3 Å². The van der Waals surface area contributed by atoms with Gasteiger partial charge in [-0.15, -0.1) is 0 Å². The maximum Gasteiger partial charge on any atom is 0.253 e. The molecule has 0 aliphatic rings. The molecule has 1 aromatic rings. The van der Waals surface area contributed by atoms with Crippen LogP contribution in [0.25, 0.3) is 0 Å². The first kappa shape index (κ1) is 16.7. The van der Waals surface area contributed by atoms with Gasteiger partial charge in [0.2, 0.25) is 0 Å². The van der Waals surface area contributed by atoms with Crippen molar-refractivity contribution in [1.29, 1.82) is 0 Å². The fraction of sp³-hybridized carbons (Fsp3) is 0.562. The molecule has 1 unspecified atom stereocenters. The van der Waals surface area contributed by atoms with E-state index >= 15 is 0 Å². The maximum atomic E-state index is 11.9. The van der Waals surface area contributed by atoms with E-state index in [0.29, 0.717) is 24.4 Å². The molecule has 1 aromatic carbocycles. The average Bonchev–Trinajstić information content (AvgIpc) is 2.44. The topological polar surface area (TPSA) is 69.6 Å². The van der Waals surface area contributed by atoms with Gasteiger partial charge in [0.15, 0.2) is 6.10 Å². The fourth-order valence-corrected chi connectivity index (χ4v) is 2.28. The second-order valence-electron chi connectivity index (χ2n) is 5.57. The Balaban J connectivity index is 2.48. The van der Waals surface area contributed by atoms with Crippen LogP contribution in [-0.2, 0) is 4.79 Å². The summed E-state index contributed by atoms with van der Waals surface area (Å²) < 4.78 is 0. The minimum Gasteiger partial charge on any atom is -0.396 e. The van der Waals surface area contributed by atoms with E-state index in [0.717, 1.165) is 6.42 Å². The number of rotatable bonds is 8. The van der Waals surface area contributed by atoms with Gasteiger partial charge in [0.1, 0.15) is 0 Å². The summed E-state index contributed by atoms with van der Waals surface area (Å²) in [6.07, 6.45) is 0.479. The first-order valence-corrected chi connectivity index (χ1v) is 7.16. The lowest BCUT2D eigenvalue weighted by Crippen LogP contribution is -2.34. The van der Waals surface area contributed by atoms with Crippen LogP contribution in [0.15, 0.2) is 30.3 Å². The SMILES string of the molecule is CC(C)CC(CCO)CNC(=O)[C@@H](O)c1ccccc1. The van der Waals surface area contributed by atoms with Crippen LogP contribution in [0.4, 0.5) is 0 Å². The maximum absolute atomic E-state index is 11.9. The van der Waals surface area contributed by atoms with E-state index in [1.165, 1.54) is 0 Å². The van der Waals surface area contributed by atoms with Crippen LogP contribution >= 0.6 is 0 Å². The summed E-state index contributed by atoms with van der Waals surface area (Å²) in [5.41, 5.74) is 0.590. The van der Waals surface area contributed by atoms with Crippen LogP contribution < -0.4 is 5.32 Å². The van der Waals surface area contributed by atoms with Gasteiger partial charge in [-0.05, 0) is 30.2 Å². The molecule has 2 atom stereocenters. The van der Waals surface area contributed by atoms with Crippen molar-refractivity contribution in [2.75, 3.05) is 13.2 Å². The Kier molecular flexibility index (Phi) is 7.26. The second kappa shape index (κ2) is 8.72. The molecule has 0 aliphatic heterocycles. The Hall–Kier alpha value is -1.39. The van der Waals surface area contributed by atoms with Crippen molar-refractivity contribution < 1.29 is 15.0 Å². The van der Waals surface area contributed by atoms with Crippen molar-refractivity contribution in [3.63, 3.8) is 0 Å². The zero-order valence-corrected chi connectivity index (χ0v) is 12.2. The average molecular weight is 279 g/mol. The first-order valence-electron chi connectivity index (χ1n) is 7.16. The van der Waals surface area contributed by atoms with E-state index in [-0.39, 0.29) is 18.4 Å². The summed E-state index contributed by atoms with van der Waals surface area (Å²) in [6.45, 7) is 4.84. The molecule has 0 bridgehead atoms. The lowest BCUT2D eigenvalue weighted by molar-refractivity contribution is -0.129. The van der Waals surface area contributed by atoms with Gasteiger partial charge in [0.25, 0.3) is 5.91 Å². The zero-order chi connectivity index (χ0) is 15.0. The number of hydrogen-bond acceptors (Lipinski definition) is 3. The van der Waals surface area contributed by atoms with Crippen molar-refractivity contribution in [1.82, 2.24) is 5.32 Å². The minimum absolute atomic E-state index is 0.120. The highest BCUT2D eigenvalue weighted by Gasteiger charge is 2.18. The van der Waals surface area contributed by atoms with E-state index in [2.05, 4.69) is 19.2 Å². The molecule has 0 aromatic heterocycles. The molecule has 0 heterocycles. The van der Waals surface area contributed by atoms with Crippen LogP contribution in [0.3, 0.4) is 0 Å². The molecule has 0 spiro atoms. The lowest BCUT2D eigenvalue weighted by Gasteiger charge is -2.20. The van der Waals surface area contributed by atoms with Crippen LogP contribution in [-0.4, -0.2) is 29.3 Å². The number of benzene rings is 1. The Bertz CT molecular complexity index is 392. The quantitative estimate of drug-likeness (QED) is 0.680. The van der Waals surface area contributed by atoms with Crippen molar-refractivity contribution in [2.24, 2.45) is 11.8 Å². The summed E-state index contributed by atoms with van der Waals surface area (Å²) >= 11 is 0. The summed E-state index contributed by atoms with van der Waals surface area (Å²) in [5, 5.41) is 21.8. The van der Waals surface area contributed by atoms with Crippen LogP contribution in [0.1, 0.15) is 38.4 Å². The van der Waals surface area contributed by atoms with E-state index in [9.17, 15) is 9.90 Å². The van der Waals surface area contributed by atoms with Gasteiger partial charge >= 0.3 is 0 Å². The summed E-state index contributed by atoms with van der Waals surface area (Å²) in [5.74, 6) is 0.373. The predicted molar refractivity (Wildman–Crippen MR) is 79.1 cm³/mol. The number of amides is 1. The molecule has 112 valence electrons. The highest BCUT2D eigenvalue weighted by Crippen LogP contribution is 2.16. The standard InChI is InChI=1S/C16H25NO3/c1-12(2)10-13(8-9-18)11-17-16(20)15(19)14-6-4-3-5-7-14/h3-7,12-13,15,18-19H,8-11H2,1-2H3,(H,17,20)/t13?,15-/m0/s1. The predicted octanol–water partition coefficient (Wildman–Crippen LogP) is 1.88. The van der Waals surface area contributed by atoms with Gasteiger partial charge in [-0.1, -0.05) is 44.2 Å². The third kappa shape index (κ3) is 5.72. The van der Waals surface area contributed by atoms with Crippen LogP contribution in [0.5, 0.6) is 0 Å². The highest BCUT2D eigenvalue weighted by atomic mass is 16.3. The van der Waals surface area contributed by atoms with Crippen molar-refractivity contribution in [2.45, 2.75) is 32.8 Å². The molecule has 3 N–H and O–H groups in total. The number of nitrogens with one attached hydrogen (secondary N) is 1. The normalized spacial score (nSPS) is 14.1. The first-order chi connectivity index (χ1) is 9.54. The molecule has 0 fully saturated rings. The second-order valence-corrected chi connectivity index (χ2v) is 5.57. The Morgan fingerprint density at radius 2 is 1.90 bits per heavy atom. The number of aliphatic hydroxyl groups is 2. The van der Waals surface area contributed by atoms with Crippen LogP contribution in [0, 0.1) is 11.8 Å². The minimum atomic E-state index is -1.13. The van der Waals surface area contributed by atoms with Crippen molar-refractivity contribution >= 4 is 5.91 Å². The molecule has 4 nitrogen and oxygen atoms in total. The molecule has 1 amide bonds. The third-order valence-electron chi connectivity index (χ3n) is 3.27. The Morgan fingerprint density at radius 1 is 1.25 bits per heavy atom. The molecule has 4 heteroatoms. The van der Waals surface area contributed by atoms with Crippen molar-refractivity contribution in [3.05, 3.63) is 35.9 Å². The molecule has 1 rings (SSSR count). The van der Waals surface area contributed by atoms with Crippen molar-refractivity contribution in [3.8, 4) is 0 Å². The van der Waals surface area contributed by atoms with Gasteiger partial charge in [-0.25, -0.2) is 0 Å². The zero-order valence-electron chi connectivity index (χ0n) is 12.2. The molecule has 0 aliphatic carbocycles. The highest BCUT2D eigenvalue weighted by molar-refractivity contribution is 5.81. The number of carbonyl (C=O) groups excluding carboxylic acids is 1. The summed E-state index contributed by atoms with van der Waals surface area (Å²) in [6, 6.07) is 8.87. The van der Waals surface area contributed by atoms with E-state index in [1.807, 2.05) is 6.07 Å². The van der Waals surface area contributed by atoms with Gasteiger partial charge in [0.05, 0.1) is 0 Å². The van der Waals surface area contributed by atoms with Gasteiger partial charge in [-0.3, -0.25) is 4.79 Å². The lowest BCUT2D eigenvalue weighted by atomic mass is 9.94. The number of carbonyl (C=O) groups is 1. The largest absolute Gasteiger partial charge is 0.396 e. The van der Waals surface area contributed by atoms with Crippen LogP contribution in [0.2, 0.25) is 0 Å². The molecular weight excluding hydrogens is 254 g/mol. The number of hydrogen-bond donors (Lipinski definition) is 3. The fourth-order valence-electron chi connectivity index (χ4n) is 2.28. The summed E-state index contributed by atoms with van der Waals surface area (Å²) in [4.78, 5) is 11.9. The van der Waals surface area contributed by atoms with Gasteiger partial charge < -0.3 is 15.5 Å². The number of aliphatic hydroxyl groups excluding tert-OH is 2.